The molecule has 0 saturated heterocycles. The maximum atomic E-state index is 5.95. The predicted octanol–water partition coefficient (Wildman–Crippen LogP) is 3.43. The van der Waals surface area contributed by atoms with Gasteiger partial charge in [-0.1, -0.05) is 40.5 Å². The topological polar surface area (TPSA) is 26.0 Å². The van der Waals surface area contributed by atoms with E-state index in [1.807, 2.05) is 0 Å². The van der Waals surface area contributed by atoms with Crippen molar-refractivity contribution in [2.45, 2.75) is 59.9 Å². The molecule has 80 valence electrons. The molecule has 0 radical (unpaired) electrons. The van der Waals surface area contributed by atoms with E-state index in [0.717, 1.165) is 11.8 Å². The van der Waals surface area contributed by atoms with Crippen LogP contribution in [0.15, 0.2) is 0 Å². The van der Waals surface area contributed by atoms with Crippen molar-refractivity contribution in [2.75, 3.05) is 0 Å². The SMILES string of the molecule is CC(C)CCCC(C(C)C)C(C)N. The van der Waals surface area contributed by atoms with E-state index in [2.05, 4.69) is 34.6 Å². The maximum absolute atomic E-state index is 5.95. The first-order chi connectivity index (χ1) is 5.95. The Hall–Kier alpha value is -0.0400. The van der Waals surface area contributed by atoms with E-state index in [9.17, 15) is 0 Å². The van der Waals surface area contributed by atoms with E-state index >= 15 is 0 Å². The number of hydrogen-bond donors (Lipinski definition) is 1. The quantitative estimate of drug-likeness (QED) is 0.674. The molecule has 0 aromatic carbocycles. The smallest absolute Gasteiger partial charge is 0.00412 e. The second-order valence-electron chi connectivity index (χ2n) is 5.09. The minimum absolute atomic E-state index is 0.354. The lowest BCUT2D eigenvalue weighted by molar-refractivity contribution is 0.296. The summed E-state index contributed by atoms with van der Waals surface area (Å²) in [5.41, 5.74) is 5.95. The van der Waals surface area contributed by atoms with Gasteiger partial charge in [-0.05, 0) is 31.1 Å². The monoisotopic (exact) mass is 185 g/mol. The highest BCUT2D eigenvalue weighted by Gasteiger charge is 2.17. The summed E-state index contributed by atoms with van der Waals surface area (Å²) in [6, 6.07) is 0.354. The standard InChI is InChI=1S/C12H27N/c1-9(2)7-6-8-12(10(3)4)11(5)13/h9-12H,6-8,13H2,1-5H3. The molecule has 0 bridgehead atoms. The summed E-state index contributed by atoms with van der Waals surface area (Å²) in [5.74, 6) is 2.27. The van der Waals surface area contributed by atoms with Crippen molar-refractivity contribution in [2.24, 2.45) is 23.5 Å². The molecule has 0 amide bonds. The summed E-state index contributed by atoms with van der Waals surface area (Å²) in [6.45, 7) is 11.3. The summed E-state index contributed by atoms with van der Waals surface area (Å²) < 4.78 is 0. The van der Waals surface area contributed by atoms with Crippen LogP contribution >= 0.6 is 0 Å². The normalized spacial score (nSPS) is 16.6. The first-order valence-corrected chi connectivity index (χ1v) is 5.70. The lowest BCUT2D eigenvalue weighted by Crippen LogP contribution is -2.30. The van der Waals surface area contributed by atoms with Crippen LogP contribution in [-0.2, 0) is 0 Å². The third kappa shape index (κ3) is 6.09. The molecule has 0 saturated carbocycles. The van der Waals surface area contributed by atoms with Gasteiger partial charge in [0.05, 0.1) is 0 Å². The zero-order valence-electron chi connectivity index (χ0n) is 10.0. The van der Waals surface area contributed by atoms with Gasteiger partial charge in [-0.15, -0.1) is 0 Å². The highest BCUT2D eigenvalue weighted by Crippen LogP contribution is 2.22. The fourth-order valence-electron chi connectivity index (χ4n) is 1.97. The molecule has 2 N–H and O–H groups in total. The third-order valence-corrected chi connectivity index (χ3v) is 2.85. The molecule has 0 spiro atoms. The molecule has 1 nitrogen and oxygen atoms in total. The summed E-state index contributed by atoms with van der Waals surface area (Å²) >= 11 is 0. The number of hydrogen-bond acceptors (Lipinski definition) is 1. The molecule has 1 heteroatoms. The first-order valence-electron chi connectivity index (χ1n) is 5.70. The van der Waals surface area contributed by atoms with Gasteiger partial charge in [-0.25, -0.2) is 0 Å². The van der Waals surface area contributed by atoms with Crippen molar-refractivity contribution >= 4 is 0 Å². The lowest BCUT2D eigenvalue weighted by Gasteiger charge is -2.24. The molecule has 0 heterocycles. The molecule has 0 aliphatic heterocycles. The van der Waals surface area contributed by atoms with Gasteiger partial charge in [0.15, 0.2) is 0 Å². The molecule has 2 unspecified atom stereocenters. The van der Waals surface area contributed by atoms with Gasteiger partial charge in [-0.3, -0.25) is 0 Å². The predicted molar refractivity (Wildman–Crippen MR) is 60.7 cm³/mol. The Kier molecular flexibility index (Phi) is 6.40. The van der Waals surface area contributed by atoms with Crippen LogP contribution in [0.1, 0.15) is 53.9 Å². The Morgan fingerprint density at radius 1 is 0.923 bits per heavy atom. The Labute approximate surface area is 84.1 Å². The van der Waals surface area contributed by atoms with Gasteiger partial charge < -0.3 is 5.73 Å². The first kappa shape index (κ1) is 13.0. The molecule has 0 rings (SSSR count). The fourth-order valence-corrected chi connectivity index (χ4v) is 1.97. The van der Waals surface area contributed by atoms with Crippen LogP contribution in [0.2, 0.25) is 0 Å². The Bertz CT molecular complexity index is 108. The molecule has 0 aromatic heterocycles. The Morgan fingerprint density at radius 3 is 1.77 bits per heavy atom. The largest absolute Gasteiger partial charge is 0.328 e. The lowest BCUT2D eigenvalue weighted by atomic mass is 9.85. The van der Waals surface area contributed by atoms with Gasteiger partial charge in [0.25, 0.3) is 0 Å². The zero-order valence-corrected chi connectivity index (χ0v) is 10.0. The van der Waals surface area contributed by atoms with E-state index in [1.165, 1.54) is 19.3 Å². The van der Waals surface area contributed by atoms with Crippen LogP contribution in [0.3, 0.4) is 0 Å². The summed E-state index contributed by atoms with van der Waals surface area (Å²) in [7, 11) is 0. The number of rotatable bonds is 6. The second-order valence-corrected chi connectivity index (χ2v) is 5.09. The maximum Gasteiger partial charge on any atom is 0.00412 e. The third-order valence-electron chi connectivity index (χ3n) is 2.85. The molecule has 2 atom stereocenters. The van der Waals surface area contributed by atoms with Crippen molar-refractivity contribution in [3.8, 4) is 0 Å². The minimum atomic E-state index is 0.354. The van der Waals surface area contributed by atoms with Crippen LogP contribution < -0.4 is 5.73 Å². The van der Waals surface area contributed by atoms with Gasteiger partial charge in [0, 0.05) is 6.04 Å². The van der Waals surface area contributed by atoms with Crippen molar-refractivity contribution in [1.82, 2.24) is 0 Å². The average molecular weight is 185 g/mol. The Morgan fingerprint density at radius 2 is 1.46 bits per heavy atom. The van der Waals surface area contributed by atoms with Gasteiger partial charge in [0.1, 0.15) is 0 Å². The second kappa shape index (κ2) is 6.42. The summed E-state index contributed by atoms with van der Waals surface area (Å²) in [4.78, 5) is 0. The molecule has 0 aromatic rings. The van der Waals surface area contributed by atoms with Gasteiger partial charge in [-0.2, -0.15) is 0 Å². The Balaban J connectivity index is 3.70. The van der Waals surface area contributed by atoms with Crippen LogP contribution in [0.5, 0.6) is 0 Å². The summed E-state index contributed by atoms with van der Waals surface area (Å²) in [5, 5.41) is 0. The average Bonchev–Trinajstić information content (AvgIpc) is 1.95. The van der Waals surface area contributed by atoms with E-state index in [1.54, 1.807) is 0 Å². The number of nitrogens with two attached hydrogens (primary N) is 1. The van der Waals surface area contributed by atoms with Gasteiger partial charge in [0.2, 0.25) is 0 Å². The molecule has 13 heavy (non-hydrogen) atoms. The molecular weight excluding hydrogens is 158 g/mol. The van der Waals surface area contributed by atoms with Crippen molar-refractivity contribution in [3.05, 3.63) is 0 Å². The van der Waals surface area contributed by atoms with Crippen LogP contribution in [0.25, 0.3) is 0 Å². The highest BCUT2D eigenvalue weighted by atomic mass is 14.6. The van der Waals surface area contributed by atoms with Crippen LogP contribution in [0, 0.1) is 17.8 Å². The van der Waals surface area contributed by atoms with Crippen LogP contribution in [-0.4, -0.2) is 6.04 Å². The van der Waals surface area contributed by atoms with E-state index in [-0.39, 0.29) is 0 Å². The van der Waals surface area contributed by atoms with Crippen molar-refractivity contribution in [1.29, 1.82) is 0 Å². The van der Waals surface area contributed by atoms with Crippen molar-refractivity contribution in [3.63, 3.8) is 0 Å². The summed E-state index contributed by atoms with van der Waals surface area (Å²) in [6.07, 6.45) is 3.98. The van der Waals surface area contributed by atoms with E-state index in [0.29, 0.717) is 12.0 Å². The molecular formula is C12H27N. The van der Waals surface area contributed by atoms with Crippen LogP contribution in [0.4, 0.5) is 0 Å². The fraction of sp³-hybridized carbons (Fsp3) is 1.00. The highest BCUT2D eigenvalue weighted by molar-refractivity contribution is 4.71. The molecule has 0 fully saturated rings. The molecule has 0 aliphatic carbocycles. The zero-order chi connectivity index (χ0) is 10.4. The van der Waals surface area contributed by atoms with E-state index < -0.39 is 0 Å². The van der Waals surface area contributed by atoms with E-state index in [4.69, 9.17) is 5.73 Å². The minimum Gasteiger partial charge on any atom is -0.328 e. The van der Waals surface area contributed by atoms with Crippen molar-refractivity contribution < 1.29 is 0 Å². The van der Waals surface area contributed by atoms with Gasteiger partial charge >= 0.3 is 0 Å². The molecule has 0 aliphatic rings.